The molecular formula is C20H15F2N5O3S2. The molecule has 1 aliphatic heterocycles. The van der Waals surface area contributed by atoms with E-state index in [9.17, 15) is 22.0 Å². The van der Waals surface area contributed by atoms with Crippen LogP contribution in [0.4, 0.5) is 14.5 Å². The minimum atomic E-state index is -3.90. The van der Waals surface area contributed by atoms with Crippen LogP contribution >= 0.6 is 11.3 Å². The van der Waals surface area contributed by atoms with E-state index in [1.807, 2.05) is 6.07 Å². The van der Waals surface area contributed by atoms with Crippen molar-refractivity contribution in [3.05, 3.63) is 69.7 Å². The summed E-state index contributed by atoms with van der Waals surface area (Å²) in [6.07, 6.45) is 1.07. The number of hydrogen-bond donors (Lipinski definition) is 1. The number of nitrogens with zero attached hydrogens (tertiary/aromatic N) is 4. The Bertz CT molecular complexity index is 1340. The quantitative estimate of drug-likeness (QED) is 0.604. The molecule has 0 unspecified atom stereocenters. The number of carbonyl (C=O) groups is 1. The van der Waals surface area contributed by atoms with E-state index in [1.54, 1.807) is 0 Å². The van der Waals surface area contributed by atoms with Crippen LogP contribution in [0, 0.1) is 23.0 Å². The number of carbonyl (C=O) groups excluding carboxylic acids is 1. The van der Waals surface area contributed by atoms with Gasteiger partial charge in [-0.2, -0.15) is 9.57 Å². The molecule has 0 radical (unpaired) electrons. The van der Waals surface area contributed by atoms with Gasteiger partial charge in [-0.1, -0.05) is 17.4 Å². The molecule has 164 valence electrons. The summed E-state index contributed by atoms with van der Waals surface area (Å²) in [5.74, 6) is -2.45. The summed E-state index contributed by atoms with van der Waals surface area (Å²) in [7, 11) is -3.90. The average molecular weight is 476 g/mol. The number of nitrogens with one attached hydrogen (secondary N) is 1. The van der Waals surface area contributed by atoms with Gasteiger partial charge in [-0.05, 0) is 43.2 Å². The fourth-order valence-electron chi connectivity index (χ4n) is 3.36. The first-order chi connectivity index (χ1) is 15.3. The van der Waals surface area contributed by atoms with Crippen LogP contribution in [-0.4, -0.2) is 35.4 Å². The van der Waals surface area contributed by atoms with Gasteiger partial charge >= 0.3 is 0 Å². The summed E-state index contributed by atoms with van der Waals surface area (Å²) in [6.45, 7) is 0.256. The minimum absolute atomic E-state index is 0.00211. The first-order valence-corrected chi connectivity index (χ1v) is 11.7. The number of sulfonamides is 1. The number of hydrogen-bond acceptors (Lipinski definition) is 7. The lowest BCUT2D eigenvalue weighted by Gasteiger charge is -2.22. The van der Waals surface area contributed by atoms with Gasteiger partial charge in [0.25, 0.3) is 5.91 Å². The largest absolute Gasteiger partial charge is 0.317 e. The summed E-state index contributed by atoms with van der Waals surface area (Å²) < 4.78 is 54.4. The molecule has 32 heavy (non-hydrogen) atoms. The van der Waals surface area contributed by atoms with Crippen molar-refractivity contribution < 1.29 is 22.0 Å². The van der Waals surface area contributed by atoms with Crippen LogP contribution in [0.25, 0.3) is 0 Å². The number of rotatable bonds is 5. The van der Waals surface area contributed by atoms with Crippen molar-refractivity contribution in [2.24, 2.45) is 0 Å². The van der Waals surface area contributed by atoms with Gasteiger partial charge in [-0.3, -0.25) is 4.79 Å². The number of nitriles is 1. The molecule has 1 fully saturated rings. The van der Waals surface area contributed by atoms with Gasteiger partial charge in [0.15, 0.2) is 0 Å². The van der Waals surface area contributed by atoms with Gasteiger partial charge in [-0.25, -0.2) is 17.2 Å². The second-order valence-corrected chi connectivity index (χ2v) is 9.84. The molecule has 1 amide bonds. The van der Waals surface area contributed by atoms with E-state index in [1.165, 1.54) is 28.6 Å². The normalized spacial score (nSPS) is 16.6. The van der Waals surface area contributed by atoms with E-state index < -0.39 is 33.6 Å². The lowest BCUT2D eigenvalue weighted by molar-refractivity contribution is 0.102. The smallest absolute Gasteiger partial charge is 0.286 e. The Morgan fingerprint density at radius 3 is 2.78 bits per heavy atom. The molecule has 2 heterocycles. The highest BCUT2D eigenvalue weighted by atomic mass is 32.2. The molecule has 1 N–H and O–H groups in total. The highest BCUT2D eigenvalue weighted by Crippen LogP contribution is 2.38. The van der Waals surface area contributed by atoms with Crippen molar-refractivity contribution in [3.8, 4) is 6.07 Å². The summed E-state index contributed by atoms with van der Waals surface area (Å²) in [4.78, 5) is 12.4. The first kappa shape index (κ1) is 21.9. The van der Waals surface area contributed by atoms with Crippen LogP contribution in [0.15, 0.2) is 47.4 Å². The molecule has 0 aliphatic carbocycles. The average Bonchev–Trinajstić information content (AvgIpc) is 3.45. The van der Waals surface area contributed by atoms with Crippen LogP contribution in [-0.2, 0) is 10.0 Å². The zero-order valence-corrected chi connectivity index (χ0v) is 18.0. The lowest BCUT2D eigenvalue weighted by atomic mass is 10.2. The monoisotopic (exact) mass is 475 g/mol. The second kappa shape index (κ2) is 8.70. The number of benzene rings is 2. The van der Waals surface area contributed by atoms with Gasteiger partial charge in [0.05, 0.1) is 28.3 Å². The highest BCUT2D eigenvalue weighted by Gasteiger charge is 2.38. The third kappa shape index (κ3) is 4.22. The lowest BCUT2D eigenvalue weighted by Crippen LogP contribution is -2.30. The Balaban J connectivity index is 1.56. The number of aromatic nitrogens is 2. The summed E-state index contributed by atoms with van der Waals surface area (Å²) in [5.41, 5.74) is 0.0142. The number of amides is 1. The molecule has 1 saturated heterocycles. The first-order valence-electron chi connectivity index (χ1n) is 9.41. The van der Waals surface area contributed by atoms with Gasteiger partial charge in [-0.15, -0.1) is 10.2 Å². The Hall–Kier alpha value is -3.27. The summed E-state index contributed by atoms with van der Waals surface area (Å²) in [5, 5.41) is 19.4. The Kier molecular flexibility index (Phi) is 5.96. The molecule has 2 aromatic carbocycles. The molecule has 0 spiro atoms. The van der Waals surface area contributed by atoms with Crippen molar-refractivity contribution in [1.29, 1.82) is 5.26 Å². The molecule has 3 aromatic rings. The van der Waals surface area contributed by atoms with Crippen molar-refractivity contribution in [2.45, 2.75) is 23.8 Å². The maximum absolute atomic E-state index is 13.8. The van der Waals surface area contributed by atoms with E-state index in [4.69, 9.17) is 5.26 Å². The van der Waals surface area contributed by atoms with Crippen LogP contribution in [0.1, 0.15) is 39.3 Å². The number of anilines is 1. The van der Waals surface area contributed by atoms with Crippen molar-refractivity contribution in [2.75, 3.05) is 11.9 Å². The number of halogens is 2. The minimum Gasteiger partial charge on any atom is -0.317 e. The van der Waals surface area contributed by atoms with Crippen LogP contribution in [0.2, 0.25) is 0 Å². The van der Waals surface area contributed by atoms with E-state index in [0.29, 0.717) is 23.9 Å². The van der Waals surface area contributed by atoms with Crippen molar-refractivity contribution >= 4 is 33.0 Å². The molecule has 1 aromatic heterocycles. The molecule has 1 aliphatic rings. The summed E-state index contributed by atoms with van der Waals surface area (Å²) in [6, 6.07) is 9.78. The fraction of sp³-hybridized carbons (Fsp3) is 0.200. The molecule has 0 saturated carbocycles. The topological polar surface area (TPSA) is 116 Å². The zero-order chi connectivity index (χ0) is 22.9. The van der Waals surface area contributed by atoms with E-state index in [-0.39, 0.29) is 27.7 Å². The molecule has 0 bridgehead atoms. The standard InChI is InChI=1S/C20H15F2N5O3S2/c21-13-6-7-16(15(22)10-13)24-18(28)20-26-25-19(31-20)17-5-2-8-27(17)32(29,30)14-4-1-3-12(9-14)11-23/h1,3-4,6-7,9-10,17H,2,5,8H2,(H,24,28)/t17-/m1/s1. The molecular weight excluding hydrogens is 460 g/mol. The van der Waals surface area contributed by atoms with E-state index in [2.05, 4.69) is 15.5 Å². The predicted octanol–water partition coefficient (Wildman–Crippen LogP) is 3.47. The SMILES string of the molecule is N#Cc1cccc(S(=O)(=O)N2CCC[C@@H]2c2nnc(C(=O)Nc3ccc(F)cc3F)s2)c1. The van der Waals surface area contributed by atoms with Crippen LogP contribution in [0.5, 0.6) is 0 Å². The fourth-order valence-corrected chi connectivity index (χ4v) is 6.02. The zero-order valence-electron chi connectivity index (χ0n) is 16.3. The highest BCUT2D eigenvalue weighted by molar-refractivity contribution is 7.89. The van der Waals surface area contributed by atoms with E-state index in [0.717, 1.165) is 23.5 Å². The van der Waals surface area contributed by atoms with Gasteiger partial charge < -0.3 is 5.32 Å². The molecule has 1 atom stereocenters. The van der Waals surface area contributed by atoms with Gasteiger partial charge in [0.2, 0.25) is 15.0 Å². The summed E-state index contributed by atoms with van der Waals surface area (Å²) >= 11 is 0.900. The molecule has 8 nitrogen and oxygen atoms in total. The Labute approximate surface area is 186 Å². The molecule has 12 heteroatoms. The van der Waals surface area contributed by atoms with E-state index >= 15 is 0 Å². The molecule has 4 rings (SSSR count). The Morgan fingerprint density at radius 1 is 1.22 bits per heavy atom. The Morgan fingerprint density at radius 2 is 2.03 bits per heavy atom. The maximum atomic E-state index is 13.8. The third-order valence-electron chi connectivity index (χ3n) is 4.87. The predicted molar refractivity (Wildman–Crippen MR) is 111 cm³/mol. The van der Waals surface area contributed by atoms with Crippen LogP contribution < -0.4 is 5.32 Å². The van der Waals surface area contributed by atoms with Gasteiger partial charge in [0.1, 0.15) is 16.6 Å². The maximum Gasteiger partial charge on any atom is 0.286 e. The van der Waals surface area contributed by atoms with Gasteiger partial charge in [0, 0.05) is 12.6 Å². The van der Waals surface area contributed by atoms with Crippen LogP contribution in [0.3, 0.4) is 0 Å². The second-order valence-electron chi connectivity index (χ2n) is 6.94. The van der Waals surface area contributed by atoms with Crippen molar-refractivity contribution in [3.63, 3.8) is 0 Å². The third-order valence-corrected chi connectivity index (χ3v) is 7.80. The van der Waals surface area contributed by atoms with Crippen molar-refractivity contribution in [1.82, 2.24) is 14.5 Å².